The number of morpholine rings is 1. The summed E-state index contributed by atoms with van der Waals surface area (Å²) in [6.07, 6.45) is 0.0986. The van der Waals surface area contributed by atoms with Crippen LogP contribution in [0.2, 0.25) is 0 Å². The molecule has 7 nitrogen and oxygen atoms in total. The van der Waals surface area contributed by atoms with Crippen molar-refractivity contribution < 1.29 is 9.47 Å². The lowest BCUT2D eigenvalue weighted by atomic mass is 10.3. The van der Waals surface area contributed by atoms with Gasteiger partial charge in [-0.05, 0) is 13.1 Å². The van der Waals surface area contributed by atoms with Crippen LogP contribution in [0.1, 0.15) is 0 Å². The maximum atomic E-state index is 6.00. The number of nitrogen functional groups attached to an aromatic ring is 1. The molecule has 2 N–H and O–H groups in total. The van der Waals surface area contributed by atoms with Crippen LogP contribution in [0, 0.1) is 0 Å². The van der Waals surface area contributed by atoms with Crippen LogP contribution >= 0.6 is 0 Å². The van der Waals surface area contributed by atoms with Crippen molar-refractivity contribution in [2.24, 2.45) is 0 Å². The van der Waals surface area contributed by atoms with E-state index in [0.717, 1.165) is 30.9 Å². The van der Waals surface area contributed by atoms with Crippen molar-refractivity contribution >= 4 is 17.1 Å². The largest absolute Gasteiger partial charge is 0.481 e. The topological polar surface area (TPSA) is 78.4 Å². The molecule has 1 atom stereocenters. The first-order valence-corrected chi connectivity index (χ1v) is 6.64. The van der Waals surface area contributed by atoms with Crippen molar-refractivity contribution in [2.45, 2.75) is 12.6 Å². The molecule has 2 aromatic heterocycles. The maximum Gasteiger partial charge on any atom is 0.215 e. The fraction of sp³-hybridized carbons (Fsp3) is 0.538. The molecule has 3 rings (SSSR count). The van der Waals surface area contributed by atoms with Gasteiger partial charge < -0.3 is 20.1 Å². The van der Waals surface area contributed by atoms with Crippen molar-refractivity contribution in [3.8, 4) is 5.88 Å². The molecule has 3 heterocycles. The van der Waals surface area contributed by atoms with E-state index < -0.39 is 0 Å². The van der Waals surface area contributed by atoms with Crippen LogP contribution in [0.25, 0.3) is 11.2 Å². The molecule has 20 heavy (non-hydrogen) atoms. The van der Waals surface area contributed by atoms with Gasteiger partial charge in [0, 0.05) is 19.2 Å². The summed E-state index contributed by atoms with van der Waals surface area (Å²) in [6.45, 7) is 3.23. The van der Waals surface area contributed by atoms with Crippen LogP contribution in [-0.4, -0.2) is 59.4 Å². The number of nitrogens with zero attached hydrogens (tertiary/aromatic N) is 4. The lowest BCUT2D eigenvalue weighted by Gasteiger charge is -2.30. The summed E-state index contributed by atoms with van der Waals surface area (Å²) in [5.74, 6) is 1.01. The minimum Gasteiger partial charge on any atom is -0.481 e. The zero-order chi connectivity index (χ0) is 14.1. The molecule has 0 radical (unpaired) electrons. The second-order valence-corrected chi connectivity index (χ2v) is 5.03. The van der Waals surface area contributed by atoms with Crippen molar-refractivity contribution in [1.29, 1.82) is 0 Å². The predicted octanol–water partition coefficient (Wildman–Crippen LogP) is 0.353. The lowest BCUT2D eigenvalue weighted by Crippen LogP contribution is -2.42. The van der Waals surface area contributed by atoms with E-state index in [2.05, 4.69) is 21.9 Å². The molecular weight excluding hydrogens is 258 g/mol. The molecule has 7 heteroatoms. The summed E-state index contributed by atoms with van der Waals surface area (Å²) < 4.78 is 12.8. The number of methoxy groups -OCH3 is 1. The van der Waals surface area contributed by atoms with Gasteiger partial charge in [-0.25, -0.2) is 4.98 Å². The molecule has 108 valence electrons. The summed E-state index contributed by atoms with van der Waals surface area (Å²) in [6, 6.07) is 3.64. The Labute approximate surface area is 117 Å². The fourth-order valence-corrected chi connectivity index (χ4v) is 2.48. The number of nitrogens with two attached hydrogens (primary N) is 1. The normalized spacial score (nSPS) is 20.4. The van der Waals surface area contributed by atoms with Gasteiger partial charge in [0.15, 0.2) is 5.65 Å². The Morgan fingerprint density at radius 1 is 1.45 bits per heavy atom. The van der Waals surface area contributed by atoms with Gasteiger partial charge in [-0.15, -0.1) is 0 Å². The van der Waals surface area contributed by atoms with E-state index in [1.807, 2.05) is 10.6 Å². The lowest BCUT2D eigenvalue weighted by molar-refractivity contribution is -0.0267. The predicted molar refractivity (Wildman–Crippen MR) is 75.7 cm³/mol. The van der Waals surface area contributed by atoms with Crippen LogP contribution in [0.5, 0.6) is 5.88 Å². The van der Waals surface area contributed by atoms with E-state index in [1.54, 1.807) is 13.2 Å². The Hall–Kier alpha value is -1.86. The average Bonchev–Trinajstić information content (AvgIpc) is 2.74. The summed E-state index contributed by atoms with van der Waals surface area (Å²) >= 11 is 0. The Morgan fingerprint density at radius 2 is 2.30 bits per heavy atom. The number of hydrogen-bond acceptors (Lipinski definition) is 6. The van der Waals surface area contributed by atoms with Crippen LogP contribution in [0.15, 0.2) is 12.1 Å². The SMILES string of the molecule is COc1ccc2nc(N)n(CC3CN(C)CCO3)c2n1. The van der Waals surface area contributed by atoms with Gasteiger partial charge in [0.2, 0.25) is 11.8 Å². The number of likely N-dealkylation sites (N-methyl/N-ethyl adjacent to an activating group) is 1. The third-order valence-corrected chi connectivity index (χ3v) is 3.53. The number of imidazole rings is 1. The third-order valence-electron chi connectivity index (χ3n) is 3.53. The van der Waals surface area contributed by atoms with E-state index in [4.69, 9.17) is 15.2 Å². The highest BCUT2D eigenvalue weighted by Crippen LogP contribution is 2.20. The van der Waals surface area contributed by atoms with E-state index >= 15 is 0 Å². The fourth-order valence-electron chi connectivity index (χ4n) is 2.48. The Kier molecular flexibility index (Phi) is 3.45. The third kappa shape index (κ3) is 2.41. The van der Waals surface area contributed by atoms with Gasteiger partial charge in [0.05, 0.1) is 26.4 Å². The summed E-state index contributed by atoms with van der Waals surface area (Å²) in [5, 5.41) is 0. The second kappa shape index (κ2) is 5.26. The van der Waals surface area contributed by atoms with Crippen molar-refractivity contribution in [2.75, 3.05) is 39.6 Å². The van der Waals surface area contributed by atoms with Gasteiger partial charge in [-0.1, -0.05) is 0 Å². The van der Waals surface area contributed by atoms with Gasteiger partial charge in [-0.3, -0.25) is 4.57 Å². The van der Waals surface area contributed by atoms with Crippen LogP contribution in [0.3, 0.4) is 0 Å². The Morgan fingerprint density at radius 3 is 3.05 bits per heavy atom. The number of pyridine rings is 1. The van der Waals surface area contributed by atoms with Crippen molar-refractivity contribution in [3.05, 3.63) is 12.1 Å². The highest BCUT2D eigenvalue weighted by atomic mass is 16.5. The zero-order valence-corrected chi connectivity index (χ0v) is 11.7. The first-order valence-electron chi connectivity index (χ1n) is 6.64. The summed E-state index contributed by atoms with van der Waals surface area (Å²) in [5.41, 5.74) is 7.50. The molecule has 1 saturated heterocycles. The minimum absolute atomic E-state index is 0.0986. The van der Waals surface area contributed by atoms with E-state index in [-0.39, 0.29) is 6.10 Å². The van der Waals surface area contributed by atoms with E-state index in [1.165, 1.54) is 0 Å². The number of hydrogen-bond donors (Lipinski definition) is 1. The molecule has 0 aliphatic carbocycles. The molecule has 1 fully saturated rings. The average molecular weight is 277 g/mol. The smallest absolute Gasteiger partial charge is 0.215 e. The van der Waals surface area contributed by atoms with Crippen molar-refractivity contribution in [3.63, 3.8) is 0 Å². The highest BCUT2D eigenvalue weighted by Gasteiger charge is 2.21. The Balaban J connectivity index is 1.91. The maximum absolute atomic E-state index is 6.00. The highest BCUT2D eigenvalue weighted by molar-refractivity contribution is 5.74. The van der Waals surface area contributed by atoms with Gasteiger partial charge in [0.1, 0.15) is 5.52 Å². The van der Waals surface area contributed by atoms with Crippen LogP contribution in [-0.2, 0) is 11.3 Å². The first-order chi connectivity index (χ1) is 9.67. The molecule has 0 saturated carbocycles. The number of rotatable bonds is 3. The first kappa shape index (κ1) is 13.1. The van der Waals surface area contributed by atoms with Crippen LogP contribution in [0.4, 0.5) is 5.95 Å². The Bertz CT molecular complexity index is 612. The number of ether oxygens (including phenoxy) is 2. The summed E-state index contributed by atoms with van der Waals surface area (Å²) in [4.78, 5) is 11.0. The number of fused-ring (bicyclic) bond motifs is 1. The molecule has 0 spiro atoms. The second-order valence-electron chi connectivity index (χ2n) is 5.03. The van der Waals surface area contributed by atoms with Crippen LogP contribution < -0.4 is 10.5 Å². The molecule has 0 aromatic carbocycles. The molecule has 2 aromatic rings. The zero-order valence-electron chi connectivity index (χ0n) is 11.7. The monoisotopic (exact) mass is 277 g/mol. The van der Waals surface area contributed by atoms with Gasteiger partial charge in [-0.2, -0.15) is 4.98 Å². The molecule has 0 amide bonds. The minimum atomic E-state index is 0.0986. The molecule has 1 aliphatic rings. The standard InChI is InChI=1S/C13H19N5O2/c1-17-5-6-20-9(7-17)8-18-12-10(15-13(18)14)3-4-11(16-12)19-2/h3-4,9H,5-8H2,1-2H3,(H2,14,15). The van der Waals surface area contributed by atoms with Crippen molar-refractivity contribution in [1.82, 2.24) is 19.4 Å². The number of anilines is 1. The van der Waals surface area contributed by atoms with Gasteiger partial charge >= 0.3 is 0 Å². The molecule has 1 aliphatic heterocycles. The van der Waals surface area contributed by atoms with Gasteiger partial charge in [0.25, 0.3) is 0 Å². The molecule has 0 bridgehead atoms. The summed E-state index contributed by atoms with van der Waals surface area (Å²) in [7, 11) is 3.68. The number of aromatic nitrogens is 3. The van der Waals surface area contributed by atoms with E-state index in [0.29, 0.717) is 18.4 Å². The quantitative estimate of drug-likeness (QED) is 0.872. The van der Waals surface area contributed by atoms with E-state index in [9.17, 15) is 0 Å². The molecule has 1 unspecified atom stereocenters. The molecular formula is C13H19N5O2.